The van der Waals surface area contributed by atoms with Crippen molar-refractivity contribution >= 4 is 72.3 Å². The Kier molecular flexibility index (Phi) is 38.2. The molecule has 9 amide bonds. The number of ether oxygens (including phenoxy) is 4. The van der Waals surface area contributed by atoms with E-state index in [9.17, 15) is 63.3 Å². The number of carboxylic acid groups (broad SMARTS) is 1. The molecule has 0 aromatic heterocycles. The molecule has 0 heterocycles. The molecule has 6 aromatic rings. The molecule has 0 aliphatic rings. The number of phenols is 2. The predicted molar refractivity (Wildman–Crippen MR) is 407 cm³/mol. The normalized spacial score (nSPS) is 12.5. The number of nitrogens with one attached hydrogen (secondary N) is 7. The number of carbonyl (C=O) groups is 10. The summed E-state index contributed by atoms with van der Waals surface area (Å²) in [6.07, 6.45) is -0.135. The molecule has 0 spiro atoms. The molecule has 28 heteroatoms. The van der Waals surface area contributed by atoms with E-state index in [0.29, 0.717) is 59.9 Å². The van der Waals surface area contributed by atoms with Crippen molar-refractivity contribution in [1.29, 1.82) is 0 Å². The van der Waals surface area contributed by atoms with Crippen molar-refractivity contribution in [3.8, 4) is 11.5 Å². The van der Waals surface area contributed by atoms with Crippen LogP contribution in [0.3, 0.4) is 0 Å². The number of benzene rings is 6. The van der Waals surface area contributed by atoms with Gasteiger partial charge in [0.25, 0.3) is 0 Å². The number of rotatable bonds is 33. The quantitative estimate of drug-likeness (QED) is 0.0135. The molecule has 0 fully saturated rings. The van der Waals surface area contributed by atoms with Gasteiger partial charge >= 0.3 is 30.3 Å². The highest BCUT2D eigenvalue weighted by Gasteiger charge is 2.32. The van der Waals surface area contributed by atoms with Gasteiger partial charge in [-0.25, -0.2) is 24.0 Å². The summed E-state index contributed by atoms with van der Waals surface area (Å²) in [6, 6.07) is 36.6. The van der Waals surface area contributed by atoms with Crippen LogP contribution in [0.5, 0.6) is 11.5 Å². The van der Waals surface area contributed by atoms with E-state index in [-0.39, 0.29) is 85.2 Å². The van der Waals surface area contributed by atoms with E-state index in [2.05, 4.69) is 37.2 Å². The van der Waals surface area contributed by atoms with Crippen LogP contribution >= 0.6 is 12.4 Å². The highest BCUT2D eigenvalue weighted by atomic mass is 35.5. The highest BCUT2D eigenvalue weighted by Crippen LogP contribution is 2.25. The smallest absolute Gasteiger partial charge is 0.408 e. The minimum atomic E-state index is -1.22. The SMILES string of the molecule is Cc1cc(O)cc(C)c1C[C@@H](NC(=O)OCc1ccccc1)C(=O)N[C@@H](CCCCNC(=O)OC(C)(C)C)C(=O)N[C@@H](Cc1ccccc1)C(N)=O.Cc1cc(O)cc(C)c1C[C@@H](NC(=O)OCc1ccccc1)C(=O)N[C@@H](CCCCNC(=O)OC(C)(C)C)C(=O)O.Cl.NC(=O)[C@@H](N)Cc1ccccc1.[HH].[HH]. The van der Waals surface area contributed by atoms with Gasteiger partial charge in [0.05, 0.1) is 6.04 Å². The van der Waals surface area contributed by atoms with Crippen LogP contribution in [-0.4, -0.2) is 136 Å². The number of phenolic OH excluding ortho intramolecular Hbond substituents is 2. The monoisotopic (exact) mass is 1490 g/mol. The Labute approximate surface area is 628 Å². The molecule has 27 nitrogen and oxygen atoms in total. The first-order valence-corrected chi connectivity index (χ1v) is 34.6. The molecular weight excluding hydrogens is 1380 g/mol. The number of hydrogen-bond donors (Lipinski definition) is 13. The van der Waals surface area contributed by atoms with Crippen molar-refractivity contribution in [2.45, 2.75) is 194 Å². The average molecular weight is 1490 g/mol. The number of hydrogen-bond acceptors (Lipinski definition) is 17. The largest absolute Gasteiger partial charge is 0.508 e. The number of primary amides is 2. The predicted octanol–water partition coefficient (Wildman–Crippen LogP) is 9.31. The molecule has 106 heavy (non-hydrogen) atoms. The highest BCUT2D eigenvalue weighted by molar-refractivity contribution is 5.94. The second-order valence-electron chi connectivity index (χ2n) is 27.2. The van der Waals surface area contributed by atoms with Crippen LogP contribution in [0.15, 0.2) is 146 Å². The average Bonchev–Trinajstić information content (AvgIpc) is 0.834. The molecule has 0 aliphatic carbocycles. The number of aryl methyl sites for hydroxylation is 4. The number of amides is 9. The Bertz CT molecular complexity index is 3770. The third kappa shape index (κ3) is 35.5. The van der Waals surface area contributed by atoms with Gasteiger partial charge in [0.2, 0.25) is 29.5 Å². The second kappa shape index (κ2) is 45.3. The zero-order valence-electron chi connectivity index (χ0n) is 61.9. The molecule has 6 aromatic carbocycles. The topological polar surface area (TPSA) is 431 Å². The zero-order chi connectivity index (χ0) is 77.8. The van der Waals surface area contributed by atoms with Gasteiger partial charge in [0.15, 0.2) is 0 Å². The van der Waals surface area contributed by atoms with Crippen molar-refractivity contribution in [2.24, 2.45) is 17.2 Å². The van der Waals surface area contributed by atoms with Crippen molar-refractivity contribution in [3.05, 3.63) is 201 Å². The zero-order valence-corrected chi connectivity index (χ0v) is 62.7. The van der Waals surface area contributed by atoms with Crippen LogP contribution in [-0.2, 0) is 86.6 Å². The van der Waals surface area contributed by atoms with Crippen LogP contribution in [0.2, 0.25) is 0 Å². The maximum atomic E-state index is 14.0. The fraction of sp³-hybridized carbons (Fsp3) is 0.410. The van der Waals surface area contributed by atoms with Crippen LogP contribution < -0.4 is 54.4 Å². The van der Waals surface area contributed by atoms with Crippen molar-refractivity contribution < 1.29 is 85.1 Å². The van der Waals surface area contributed by atoms with E-state index in [0.717, 1.165) is 27.8 Å². The Balaban J connectivity index is 0.000000927. The van der Waals surface area contributed by atoms with Gasteiger partial charge in [-0.05, 0) is 194 Å². The van der Waals surface area contributed by atoms with Gasteiger partial charge < -0.3 is 88.7 Å². The van der Waals surface area contributed by atoms with Gasteiger partial charge in [-0.15, -0.1) is 12.4 Å². The Morgan fingerprint density at radius 1 is 0.415 bits per heavy atom. The second-order valence-corrected chi connectivity index (χ2v) is 27.2. The van der Waals surface area contributed by atoms with Crippen LogP contribution in [0.4, 0.5) is 19.2 Å². The van der Waals surface area contributed by atoms with Crippen LogP contribution in [0, 0.1) is 27.7 Å². The maximum Gasteiger partial charge on any atom is 0.408 e. The minimum absolute atomic E-state index is 0. The molecule has 0 saturated carbocycles. The number of aromatic hydroxyl groups is 2. The minimum Gasteiger partial charge on any atom is -0.508 e. The Morgan fingerprint density at radius 3 is 1.08 bits per heavy atom. The lowest BCUT2D eigenvalue weighted by Gasteiger charge is -2.25. The lowest BCUT2D eigenvalue weighted by Crippen LogP contribution is -2.57. The van der Waals surface area contributed by atoms with Gasteiger partial charge in [-0.3, -0.25) is 24.0 Å². The van der Waals surface area contributed by atoms with E-state index < -0.39 is 107 Å². The van der Waals surface area contributed by atoms with E-state index in [1.54, 1.807) is 142 Å². The molecule has 0 saturated heterocycles. The first-order valence-electron chi connectivity index (χ1n) is 34.6. The number of nitrogens with two attached hydrogens (primary N) is 3. The van der Waals surface area contributed by atoms with Gasteiger partial charge in [-0.2, -0.15) is 0 Å². The fourth-order valence-electron chi connectivity index (χ4n) is 10.6. The fourth-order valence-corrected chi connectivity index (χ4v) is 10.6. The third-order valence-electron chi connectivity index (χ3n) is 15.9. The summed E-state index contributed by atoms with van der Waals surface area (Å²) < 4.78 is 21.1. The summed E-state index contributed by atoms with van der Waals surface area (Å²) in [6.45, 7) is 18.1. The molecule has 0 unspecified atom stereocenters. The molecule has 0 bridgehead atoms. The molecule has 6 rings (SSSR count). The van der Waals surface area contributed by atoms with Crippen LogP contribution in [0.25, 0.3) is 0 Å². The molecule has 0 radical (unpaired) electrons. The lowest BCUT2D eigenvalue weighted by atomic mass is 9.95. The molecular formula is C78H109ClN10O17. The van der Waals surface area contributed by atoms with Gasteiger partial charge in [-0.1, -0.05) is 121 Å². The van der Waals surface area contributed by atoms with Crippen LogP contribution in [0.1, 0.15) is 139 Å². The summed E-state index contributed by atoms with van der Waals surface area (Å²) in [5, 5.41) is 48.2. The number of carbonyl (C=O) groups excluding carboxylic acids is 9. The van der Waals surface area contributed by atoms with E-state index in [4.69, 9.17) is 36.1 Å². The van der Waals surface area contributed by atoms with E-state index in [1.165, 1.54) is 0 Å². The number of aliphatic carboxylic acids is 1. The Hall–Kier alpha value is -10.9. The van der Waals surface area contributed by atoms with Crippen molar-refractivity contribution in [1.82, 2.24) is 37.2 Å². The molecule has 6 atom stereocenters. The lowest BCUT2D eigenvalue weighted by molar-refractivity contribution is -0.142. The van der Waals surface area contributed by atoms with Crippen molar-refractivity contribution in [2.75, 3.05) is 13.1 Å². The first-order chi connectivity index (χ1) is 49.6. The molecule has 580 valence electrons. The molecule has 16 N–H and O–H groups in total. The first kappa shape index (κ1) is 89.3. The summed E-state index contributed by atoms with van der Waals surface area (Å²) in [4.78, 5) is 126. The number of halogens is 1. The summed E-state index contributed by atoms with van der Waals surface area (Å²) in [7, 11) is 0. The third-order valence-corrected chi connectivity index (χ3v) is 15.9. The summed E-state index contributed by atoms with van der Waals surface area (Å²) >= 11 is 0. The summed E-state index contributed by atoms with van der Waals surface area (Å²) in [5.41, 5.74) is 22.5. The number of unbranched alkanes of at least 4 members (excludes halogenated alkanes) is 2. The standard InChI is InChI=1S/C39H51N5O8.C30H41N3O8.C9H12N2O.ClH.2H2/c1-25-20-29(45)21-26(2)30(25)23-33(44-38(50)51-24-28-16-10-7-11-17-28)36(48)42-31(18-12-13-19-41-37(49)52-39(3,4)5)35(47)43-32(34(40)46)22-27-14-8-6-9-15-27;1-19-15-22(34)16-20(2)23(19)17-25(33-29(39)40-18-21-11-7-6-8-12-21)26(35)32-24(27(36)37)13-9-10-14-31-28(38)41-30(3,4)5;10-8(9(11)12)6-7-4-2-1-3-5-7;;;/h6-11,14-17,20-21,31-33,45H,12-13,18-19,22-24H2,1-5H3,(H2,40,46)(H,41,49)(H,42,48)(H,43,47)(H,44,50);6-8,11-12,15-16,24-25,34H,9-10,13-14,17-18H2,1-5H3,(H,31,38)(H,32,35)(H,33,39)(H,36,37);1-5,8H,6,10H2,(H2,11,12);3*1H/t31-,32-,33+;24-,25+;8-;;;/m000.../s1. The maximum absolute atomic E-state index is 14.0. The van der Waals surface area contributed by atoms with E-state index in [1.807, 2.05) is 72.8 Å². The Morgan fingerprint density at radius 2 is 0.736 bits per heavy atom. The van der Waals surface area contributed by atoms with Gasteiger partial charge in [0, 0.05) is 35.2 Å². The number of alkyl carbamates (subject to hydrolysis) is 4. The van der Waals surface area contributed by atoms with Gasteiger partial charge in [0.1, 0.15) is 66.1 Å². The van der Waals surface area contributed by atoms with Crippen molar-refractivity contribution in [3.63, 3.8) is 0 Å². The van der Waals surface area contributed by atoms with E-state index >= 15 is 0 Å². The number of carboxylic acids is 1. The molecule has 0 aliphatic heterocycles. The summed E-state index contributed by atoms with van der Waals surface area (Å²) in [5.74, 6) is -4.29.